The quantitative estimate of drug-likeness (QED) is 0.852. The highest BCUT2D eigenvalue weighted by atomic mass is 32.1. The van der Waals surface area contributed by atoms with E-state index in [4.69, 9.17) is 9.47 Å². The summed E-state index contributed by atoms with van der Waals surface area (Å²) in [5, 5.41) is 20.8. The SMILES string of the molecule is CC1(c2sc(-c3cccs3)c(C#N)c2C#N)OCCO1. The lowest BCUT2D eigenvalue weighted by Crippen LogP contribution is -2.22. The Kier molecular flexibility index (Phi) is 3.33. The van der Waals surface area contributed by atoms with E-state index in [0.29, 0.717) is 29.2 Å². The molecule has 0 spiro atoms. The highest BCUT2D eigenvalue weighted by Crippen LogP contribution is 2.45. The summed E-state index contributed by atoms with van der Waals surface area (Å²) in [6.45, 7) is 2.79. The monoisotopic (exact) mass is 302 g/mol. The third kappa shape index (κ3) is 1.94. The van der Waals surface area contributed by atoms with Crippen molar-refractivity contribution >= 4 is 22.7 Å². The third-order valence-corrected chi connectivity index (χ3v) is 5.55. The van der Waals surface area contributed by atoms with Crippen LogP contribution in [0.3, 0.4) is 0 Å². The second-order valence-electron chi connectivity index (χ2n) is 4.35. The van der Waals surface area contributed by atoms with Crippen molar-refractivity contribution in [3.8, 4) is 21.9 Å². The van der Waals surface area contributed by atoms with E-state index in [9.17, 15) is 10.5 Å². The van der Waals surface area contributed by atoms with E-state index in [1.54, 1.807) is 18.3 Å². The van der Waals surface area contributed by atoms with Gasteiger partial charge in [0.15, 0.2) is 0 Å². The van der Waals surface area contributed by atoms with Gasteiger partial charge in [0.25, 0.3) is 0 Å². The largest absolute Gasteiger partial charge is 0.343 e. The van der Waals surface area contributed by atoms with Crippen LogP contribution in [0.5, 0.6) is 0 Å². The second kappa shape index (κ2) is 5.01. The van der Waals surface area contributed by atoms with Crippen molar-refractivity contribution in [1.82, 2.24) is 0 Å². The van der Waals surface area contributed by atoms with E-state index in [0.717, 1.165) is 9.75 Å². The average molecular weight is 302 g/mol. The molecule has 0 aromatic carbocycles. The van der Waals surface area contributed by atoms with E-state index in [1.165, 1.54) is 11.3 Å². The Labute approximate surface area is 124 Å². The molecule has 0 N–H and O–H groups in total. The van der Waals surface area contributed by atoms with Crippen molar-refractivity contribution in [2.75, 3.05) is 13.2 Å². The first-order valence-electron chi connectivity index (χ1n) is 5.99. The molecule has 1 saturated heterocycles. The van der Waals surface area contributed by atoms with Gasteiger partial charge in [0, 0.05) is 4.88 Å². The fourth-order valence-corrected chi connectivity index (χ4v) is 4.31. The minimum Gasteiger partial charge on any atom is -0.343 e. The van der Waals surface area contributed by atoms with Gasteiger partial charge in [0.05, 0.1) is 34.1 Å². The van der Waals surface area contributed by atoms with Gasteiger partial charge in [-0.25, -0.2) is 0 Å². The molecule has 0 bridgehead atoms. The van der Waals surface area contributed by atoms with Crippen LogP contribution in [0.4, 0.5) is 0 Å². The highest BCUT2D eigenvalue weighted by molar-refractivity contribution is 7.21. The topological polar surface area (TPSA) is 66.0 Å². The minimum absolute atomic E-state index is 0.366. The normalized spacial score (nSPS) is 16.8. The van der Waals surface area contributed by atoms with Crippen LogP contribution in [0.2, 0.25) is 0 Å². The molecule has 0 unspecified atom stereocenters. The molecule has 1 fully saturated rings. The molecule has 1 aliphatic heterocycles. The van der Waals surface area contributed by atoms with Gasteiger partial charge in [-0.2, -0.15) is 10.5 Å². The van der Waals surface area contributed by atoms with Gasteiger partial charge >= 0.3 is 0 Å². The Morgan fingerprint density at radius 3 is 2.45 bits per heavy atom. The fraction of sp³-hybridized carbons (Fsp3) is 0.286. The van der Waals surface area contributed by atoms with Gasteiger partial charge in [-0.05, 0) is 18.4 Å². The Hall–Kier alpha value is -1.70. The first-order valence-corrected chi connectivity index (χ1v) is 7.68. The number of rotatable bonds is 2. The molecule has 0 atom stereocenters. The van der Waals surface area contributed by atoms with Crippen LogP contribution in [0.15, 0.2) is 17.5 Å². The van der Waals surface area contributed by atoms with Crippen LogP contribution < -0.4 is 0 Å². The van der Waals surface area contributed by atoms with Gasteiger partial charge in [-0.15, -0.1) is 22.7 Å². The summed E-state index contributed by atoms with van der Waals surface area (Å²) in [6, 6.07) is 8.15. The molecule has 6 heteroatoms. The summed E-state index contributed by atoms with van der Waals surface area (Å²) < 4.78 is 11.3. The molecule has 1 aliphatic rings. The Bertz CT molecular complexity index is 714. The Morgan fingerprint density at radius 2 is 1.90 bits per heavy atom. The molecule has 2 aromatic heterocycles. The van der Waals surface area contributed by atoms with Gasteiger partial charge in [0.2, 0.25) is 5.79 Å². The number of nitrogens with zero attached hydrogens (tertiary/aromatic N) is 2. The van der Waals surface area contributed by atoms with Crippen molar-refractivity contribution < 1.29 is 9.47 Å². The first-order chi connectivity index (χ1) is 9.69. The fourth-order valence-electron chi connectivity index (χ4n) is 2.19. The van der Waals surface area contributed by atoms with E-state index < -0.39 is 5.79 Å². The molecular weight excluding hydrogens is 292 g/mol. The van der Waals surface area contributed by atoms with Crippen LogP contribution >= 0.6 is 22.7 Å². The summed E-state index contributed by atoms with van der Waals surface area (Å²) in [4.78, 5) is 2.47. The van der Waals surface area contributed by atoms with Crippen molar-refractivity contribution in [3.05, 3.63) is 33.5 Å². The predicted octanol–water partition coefficient (Wildman–Crippen LogP) is 3.44. The van der Waals surface area contributed by atoms with E-state index in [1.807, 2.05) is 17.5 Å². The maximum atomic E-state index is 9.41. The summed E-state index contributed by atoms with van der Waals surface area (Å²) >= 11 is 2.95. The molecule has 3 rings (SSSR count). The maximum Gasteiger partial charge on any atom is 0.202 e. The number of ether oxygens (including phenoxy) is 2. The van der Waals surface area contributed by atoms with Crippen molar-refractivity contribution in [2.24, 2.45) is 0 Å². The number of hydrogen-bond donors (Lipinski definition) is 0. The zero-order valence-electron chi connectivity index (χ0n) is 10.7. The van der Waals surface area contributed by atoms with Crippen LogP contribution in [-0.2, 0) is 15.3 Å². The Morgan fingerprint density at radius 1 is 1.20 bits per heavy atom. The molecule has 4 nitrogen and oxygen atoms in total. The average Bonchev–Trinajstić information content (AvgIpc) is 3.16. The summed E-state index contributed by atoms with van der Waals surface area (Å²) in [5.74, 6) is -0.920. The first kappa shape index (κ1) is 13.3. The minimum atomic E-state index is -0.920. The Balaban J connectivity index is 2.22. The zero-order chi connectivity index (χ0) is 14.2. The summed E-state index contributed by atoms with van der Waals surface area (Å²) in [7, 11) is 0. The van der Waals surface area contributed by atoms with Gasteiger partial charge in [0.1, 0.15) is 12.1 Å². The lowest BCUT2D eigenvalue weighted by molar-refractivity contribution is -0.147. The van der Waals surface area contributed by atoms with E-state index in [2.05, 4.69) is 12.1 Å². The molecule has 3 heterocycles. The van der Waals surface area contributed by atoms with Gasteiger partial charge < -0.3 is 9.47 Å². The zero-order valence-corrected chi connectivity index (χ0v) is 12.3. The third-order valence-electron chi connectivity index (χ3n) is 3.13. The van der Waals surface area contributed by atoms with Crippen LogP contribution in [0, 0.1) is 22.7 Å². The summed E-state index contributed by atoms with van der Waals surface area (Å²) in [6.07, 6.45) is 0. The van der Waals surface area contributed by atoms with Crippen LogP contribution in [-0.4, -0.2) is 13.2 Å². The molecule has 2 aromatic rings. The molecule has 0 amide bonds. The van der Waals surface area contributed by atoms with E-state index in [-0.39, 0.29) is 0 Å². The molecule has 0 saturated carbocycles. The standard InChI is InChI=1S/C14H10N2O2S2/c1-14(17-4-5-18-14)13-10(8-16)9(7-15)12(20-13)11-3-2-6-19-11/h2-3,6H,4-5H2,1H3. The second-order valence-corrected chi connectivity index (χ2v) is 6.32. The number of thiophene rings is 2. The maximum absolute atomic E-state index is 9.41. The van der Waals surface area contributed by atoms with Crippen molar-refractivity contribution in [3.63, 3.8) is 0 Å². The molecular formula is C14H10N2O2S2. The van der Waals surface area contributed by atoms with Crippen molar-refractivity contribution in [1.29, 1.82) is 10.5 Å². The van der Waals surface area contributed by atoms with Crippen LogP contribution in [0.25, 0.3) is 9.75 Å². The molecule has 0 radical (unpaired) electrons. The lowest BCUT2D eigenvalue weighted by atomic mass is 10.1. The summed E-state index contributed by atoms with van der Waals surface area (Å²) in [5.41, 5.74) is 0.778. The van der Waals surface area contributed by atoms with Gasteiger partial charge in [-0.3, -0.25) is 0 Å². The molecule has 100 valence electrons. The highest BCUT2D eigenvalue weighted by Gasteiger charge is 2.39. The smallest absolute Gasteiger partial charge is 0.202 e. The number of hydrogen-bond acceptors (Lipinski definition) is 6. The van der Waals surface area contributed by atoms with Crippen LogP contribution in [0.1, 0.15) is 22.9 Å². The lowest BCUT2D eigenvalue weighted by Gasteiger charge is -2.20. The molecule has 0 aliphatic carbocycles. The molecule has 20 heavy (non-hydrogen) atoms. The van der Waals surface area contributed by atoms with Crippen molar-refractivity contribution in [2.45, 2.75) is 12.7 Å². The van der Waals surface area contributed by atoms with E-state index >= 15 is 0 Å². The number of nitriles is 2. The van der Waals surface area contributed by atoms with Gasteiger partial charge in [-0.1, -0.05) is 6.07 Å². The predicted molar refractivity (Wildman–Crippen MR) is 76.3 cm³/mol.